The minimum Gasteiger partial charge on any atom is -0.411 e. The second-order valence-corrected chi connectivity index (χ2v) is 6.78. The fraction of sp³-hybridized carbons (Fsp3) is 0.211. The van der Waals surface area contributed by atoms with Crippen LogP contribution in [0.4, 0.5) is 5.69 Å². The second-order valence-electron chi connectivity index (χ2n) is 5.85. The number of nitrogens with zero attached hydrogens (tertiary/aromatic N) is 2. The van der Waals surface area contributed by atoms with E-state index in [1.54, 1.807) is 0 Å². The predicted molar refractivity (Wildman–Crippen MR) is 99.7 cm³/mol. The highest BCUT2D eigenvalue weighted by Gasteiger charge is 2.12. The van der Waals surface area contributed by atoms with Crippen molar-refractivity contribution in [1.82, 2.24) is 10.2 Å². The number of anilines is 1. The van der Waals surface area contributed by atoms with Crippen molar-refractivity contribution in [2.45, 2.75) is 26.0 Å². The summed E-state index contributed by atoms with van der Waals surface area (Å²) in [6.45, 7) is 6.03. The van der Waals surface area contributed by atoms with Crippen molar-refractivity contribution < 1.29 is 9.21 Å². The molecule has 1 aromatic heterocycles. The van der Waals surface area contributed by atoms with E-state index in [-0.39, 0.29) is 11.7 Å². The number of carbonyl (C=O) groups excluding carboxylic acids is 1. The van der Waals surface area contributed by atoms with Crippen molar-refractivity contribution >= 4 is 23.4 Å². The van der Waals surface area contributed by atoms with Gasteiger partial charge in [0, 0.05) is 11.3 Å². The molecule has 0 bridgehead atoms. The molecule has 25 heavy (non-hydrogen) atoms. The molecular weight excluding hydrogens is 334 g/mol. The molecule has 0 aliphatic rings. The predicted octanol–water partition coefficient (Wildman–Crippen LogP) is 4.39. The number of hydrogen-bond acceptors (Lipinski definition) is 5. The number of nitrogens with one attached hydrogen (secondary N) is 1. The number of hydrogen-bond donors (Lipinski definition) is 1. The molecule has 0 saturated heterocycles. The third kappa shape index (κ3) is 4.28. The lowest BCUT2D eigenvalue weighted by Crippen LogP contribution is -2.15. The van der Waals surface area contributed by atoms with Crippen molar-refractivity contribution in [2.75, 3.05) is 11.1 Å². The van der Waals surface area contributed by atoms with Crippen LogP contribution in [-0.4, -0.2) is 21.9 Å². The van der Waals surface area contributed by atoms with Gasteiger partial charge in [-0.25, -0.2) is 0 Å². The molecule has 0 aliphatic carbocycles. The number of benzene rings is 2. The van der Waals surface area contributed by atoms with Crippen LogP contribution in [0.2, 0.25) is 0 Å². The normalized spacial score (nSPS) is 10.7. The molecule has 3 rings (SSSR count). The van der Waals surface area contributed by atoms with Gasteiger partial charge in [0.1, 0.15) is 0 Å². The molecule has 1 heterocycles. The Morgan fingerprint density at radius 1 is 1.08 bits per heavy atom. The Morgan fingerprint density at radius 2 is 1.76 bits per heavy atom. The van der Waals surface area contributed by atoms with E-state index in [0.717, 1.165) is 22.4 Å². The van der Waals surface area contributed by atoms with Gasteiger partial charge in [-0.05, 0) is 44.0 Å². The number of aromatic nitrogens is 2. The highest BCUT2D eigenvalue weighted by molar-refractivity contribution is 7.99. The van der Waals surface area contributed by atoms with Crippen LogP contribution in [0.5, 0.6) is 0 Å². The van der Waals surface area contributed by atoms with Crippen molar-refractivity contribution in [3.8, 4) is 11.5 Å². The summed E-state index contributed by atoms with van der Waals surface area (Å²) in [7, 11) is 0. The quantitative estimate of drug-likeness (QED) is 0.689. The molecule has 2 aromatic carbocycles. The molecule has 0 radical (unpaired) electrons. The van der Waals surface area contributed by atoms with Crippen LogP contribution < -0.4 is 5.32 Å². The lowest BCUT2D eigenvalue weighted by Gasteiger charge is -2.12. The van der Waals surface area contributed by atoms with Gasteiger partial charge in [-0.15, -0.1) is 10.2 Å². The van der Waals surface area contributed by atoms with Gasteiger partial charge in [-0.3, -0.25) is 4.79 Å². The zero-order valence-electron chi connectivity index (χ0n) is 14.4. The molecular formula is C19H19N3O2S. The Kier molecular flexibility index (Phi) is 5.19. The van der Waals surface area contributed by atoms with Gasteiger partial charge >= 0.3 is 0 Å². The fourth-order valence-electron chi connectivity index (χ4n) is 2.65. The molecule has 3 aromatic rings. The van der Waals surface area contributed by atoms with E-state index < -0.39 is 0 Å². The topological polar surface area (TPSA) is 68.0 Å². The van der Waals surface area contributed by atoms with Crippen molar-refractivity contribution in [3.63, 3.8) is 0 Å². The SMILES string of the molecule is Cc1cc(C)c(NC(=O)CSc2nnc(-c3ccccc3)o2)c(C)c1. The zero-order chi connectivity index (χ0) is 17.8. The average Bonchev–Trinajstić information content (AvgIpc) is 3.06. The third-order valence-corrected chi connectivity index (χ3v) is 4.51. The standard InChI is InChI=1S/C19H19N3O2S/c1-12-9-13(2)17(14(3)10-12)20-16(23)11-25-19-22-21-18(24-19)15-7-5-4-6-8-15/h4-10H,11H2,1-3H3,(H,20,23). The maximum Gasteiger partial charge on any atom is 0.277 e. The van der Waals surface area contributed by atoms with E-state index in [0.29, 0.717) is 11.1 Å². The summed E-state index contributed by atoms with van der Waals surface area (Å²) in [5.41, 5.74) is 5.02. The molecule has 0 atom stereocenters. The van der Waals surface area contributed by atoms with E-state index >= 15 is 0 Å². The highest BCUT2D eigenvalue weighted by atomic mass is 32.2. The van der Waals surface area contributed by atoms with Gasteiger partial charge in [-0.2, -0.15) is 0 Å². The Labute approximate surface area is 150 Å². The number of amides is 1. The van der Waals surface area contributed by atoms with Crippen molar-refractivity contribution in [2.24, 2.45) is 0 Å². The minimum absolute atomic E-state index is 0.0977. The Morgan fingerprint density at radius 3 is 2.44 bits per heavy atom. The van der Waals surface area contributed by atoms with Crippen molar-refractivity contribution in [3.05, 3.63) is 59.2 Å². The van der Waals surface area contributed by atoms with E-state index in [9.17, 15) is 4.79 Å². The molecule has 0 spiro atoms. The maximum absolute atomic E-state index is 12.2. The average molecular weight is 353 g/mol. The molecule has 128 valence electrons. The molecule has 5 nitrogen and oxygen atoms in total. The fourth-order valence-corrected chi connectivity index (χ4v) is 3.21. The first-order chi connectivity index (χ1) is 12.0. The van der Waals surface area contributed by atoms with Gasteiger partial charge in [0.2, 0.25) is 11.8 Å². The summed E-state index contributed by atoms with van der Waals surface area (Å²) in [5, 5.41) is 11.3. The molecule has 0 fully saturated rings. The maximum atomic E-state index is 12.2. The van der Waals surface area contributed by atoms with Gasteiger partial charge in [0.15, 0.2) is 0 Å². The number of rotatable bonds is 5. The van der Waals surface area contributed by atoms with Gasteiger partial charge in [0.05, 0.1) is 5.75 Å². The van der Waals surface area contributed by atoms with Crippen LogP contribution in [-0.2, 0) is 4.79 Å². The molecule has 0 saturated carbocycles. The largest absolute Gasteiger partial charge is 0.411 e. The Bertz CT molecular complexity index is 868. The van der Waals surface area contributed by atoms with Crippen LogP contribution in [0.3, 0.4) is 0 Å². The van der Waals surface area contributed by atoms with Gasteiger partial charge in [0.25, 0.3) is 5.22 Å². The first kappa shape index (κ1) is 17.2. The van der Waals surface area contributed by atoms with E-state index in [2.05, 4.69) is 27.6 Å². The first-order valence-corrected chi connectivity index (χ1v) is 8.91. The van der Waals surface area contributed by atoms with Crippen LogP contribution in [0, 0.1) is 20.8 Å². The van der Waals surface area contributed by atoms with Gasteiger partial charge < -0.3 is 9.73 Å². The van der Waals surface area contributed by atoms with Crippen molar-refractivity contribution in [1.29, 1.82) is 0 Å². The summed E-state index contributed by atoms with van der Waals surface area (Å²) < 4.78 is 5.59. The summed E-state index contributed by atoms with van der Waals surface area (Å²) in [6.07, 6.45) is 0. The van der Waals surface area contributed by atoms with Crippen LogP contribution in [0.1, 0.15) is 16.7 Å². The molecule has 0 aliphatic heterocycles. The third-order valence-electron chi connectivity index (χ3n) is 3.70. The molecule has 6 heteroatoms. The minimum atomic E-state index is -0.0977. The highest BCUT2D eigenvalue weighted by Crippen LogP contribution is 2.25. The molecule has 1 amide bonds. The second kappa shape index (κ2) is 7.53. The van der Waals surface area contributed by atoms with E-state index in [1.807, 2.05) is 51.1 Å². The lowest BCUT2D eigenvalue weighted by atomic mass is 10.1. The van der Waals surface area contributed by atoms with E-state index in [4.69, 9.17) is 4.42 Å². The van der Waals surface area contributed by atoms with Crippen LogP contribution >= 0.6 is 11.8 Å². The zero-order valence-corrected chi connectivity index (χ0v) is 15.2. The smallest absolute Gasteiger partial charge is 0.277 e. The first-order valence-electron chi connectivity index (χ1n) is 7.92. The monoisotopic (exact) mass is 353 g/mol. The number of thioether (sulfide) groups is 1. The Hall–Kier alpha value is -2.60. The lowest BCUT2D eigenvalue weighted by molar-refractivity contribution is -0.113. The molecule has 0 unspecified atom stereocenters. The molecule has 1 N–H and O–H groups in total. The number of aryl methyl sites for hydroxylation is 3. The summed E-state index contributed by atoms with van der Waals surface area (Å²) in [4.78, 5) is 12.2. The Balaban J connectivity index is 1.61. The summed E-state index contributed by atoms with van der Waals surface area (Å²) >= 11 is 1.23. The summed E-state index contributed by atoms with van der Waals surface area (Å²) in [6, 6.07) is 13.7. The van der Waals surface area contributed by atoms with Crippen LogP contribution in [0.25, 0.3) is 11.5 Å². The van der Waals surface area contributed by atoms with Gasteiger partial charge in [-0.1, -0.05) is 47.7 Å². The number of carbonyl (C=O) groups is 1. The van der Waals surface area contributed by atoms with E-state index in [1.165, 1.54) is 17.3 Å². The van der Waals surface area contributed by atoms with Crippen LogP contribution in [0.15, 0.2) is 52.1 Å². The summed E-state index contributed by atoms with van der Waals surface area (Å²) in [5.74, 6) is 0.566.